The lowest BCUT2D eigenvalue weighted by molar-refractivity contribution is 0.129. The number of hydrogen-bond donors (Lipinski definition) is 2. The molecule has 0 bridgehead atoms. The summed E-state index contributed by atoms with van der Waals surface area (Å²) < 4.78 is 21.8. The van der Waals surface area contributed by atoms with Crippen LogP contribution in [0.1, 0.15) is 5.56 Å². The Morgan fingerprint density at radius 3 is 2.58 bits per heavy atom. The molecule has 0 unspecified atom stereocenters. The molecule has 0 saturated heterocycles. The molecule has 1 aromatic rings. The minimum atomic E-state index is -2.20. The molecule has 0 aliphatic rings. The standard InChI is InChI=1S/C10H16N5O3P/c1-19(2,16)6-17-3-4-18-9-7(5-11)8(12)14-10(13)15-9/h3-4,6H2,1-2H3,(H4,12,13,14,15). The van der Waals surface area contributed by atoms with Crippen molar-refractivity contribution >= 4 is 18.9 Å². The first-order chi connectivity index (χ1) is 8.83. The number of nitrogens with zero attached hydrogens (tertiary/aromatic N) is 3. The molecule has 0 atom stereocenters. The second-order valence-electron chi connectivity index (χ2n) is 4.22. The molecule has 9 heteroatoms. The van der Waals surface area contributed by atoms with Crippen LogP contribution in [-0.4, -0.2) is 42.9 Å². The van der Waals surface area contributed by atoms with Crippen LogP contribution >= 0.6 is 7.14 Å². The fourth-order valence-electron chi connectivity index (χ4n) is 1.17. The average molecular weight is 285 g/mol. The molecule has 1 rings (SSSR count). The summed E-state index contributed by atoms with van der Waals surface area (Å²) in [5.74, 6) is -0.0798. The summed E-state index contributed by atoms with van der Waals surface area (Å²) in [4.78, 5) is 7.44. The van der Waals surface area contributed by atoms with Gasteiger partial charge in [0.2, 0.25) is 11.8 Å². The monoisotopic (exact) mass is 285 g/mol. The smallest absolute Gasteiger partial charge is 0.238 e. The van der Waals surface area contributed by atoms with Crippen LogP contribution in [0.4, 0.5) is 11.8 Å². The summed E-state index contributed by atoms with van der Waals surface area (Å²) in [5, 5.41) is 8.90. The third kappa shape index (κ3) is 5.12. The molecule has 4 N–H and O–H groups in total. The highest BCUT2D eigenvalue weighted by molar-refractivity contribution is 7.62. The minimum Gasteiger partial charge on any atom is -0.474 e. The largest absolute Gasteiger partial charge is 0.474 e. The predicted octanol–water partition coefficient (Wildman–Crippen LogP) is 0.488. The van der Waals surface area contributed by atoms with Crippen molar-refractivity contribution in [1.29, 1.82) is 5.26 Å². The summed E-state index contributed by atoms with van der Waals surface area (Å²) in [6, 6.07) is 1.84. The Labute approximate surface area is 111 Å². The van der Waals surface area contributed by atoms with E-state index >= 15 is 0 Å². The third-order valence-corrected chi connectivity index (χ3v) is 2.71. The summed E-state index contributed by atoms with van der Waals surface area (Å²) in [6.07, 6.45) is 0.176. The molecule has 0 aliphatic carbocycles. The van der Waals surface area contributed by atoms with Gasteiger partial charge in [-0.05, 0) is 13.3 Å². The zero-order valence-electron chi connectivity index (χ0n) is 10.8. The molecule has 0 aromatic carbocycles. The van der Waals surface area contributed by atoms with E-state index in [-0.39, 0.29) is 42.8 Å². The second-order valence-corrected chi connectivity index (χ2v) is 7.62. The van der Waals surface area contributed by atoms with Crippen molar-refractivity contribution in [2.24, 2.45) is 0 Å². The molecule has 1 aromatic heterocycles. The lowest BCUT2D eigenvalue weighted by Crippen LogP contribution is -2.11. The number of nitrogens with two attached hydrogens (primary N) is 2. The molecule has 0 saturated carbocycles. The topological polar surface area (TPSA) is 137 Å². The van der Waals surface area contributed by atoms with Gasteiger partial charge in [0.1, 0.15) is 19.8 Å². The van der Waals surface area contributed by atoms with Crippen molar-refractivity contribution in [3.8, 4) is 11.9 Å². The fourth-order valence-corrected chi connectivity index (χ4v) is 1.73. The van der Waals surface area contributed by atoms with E-state index in [1.807, 2.05) is 6.07 Å². The zero-order chi connectivity index (χ0) is 14.5. The second kappa shape index (κ2) is 6.36. The first-order valence-electron chi connectivity index (χ1n) is 5.41. The van der Waals surface area contributed by atoms with E-state index in [4.69, 9.17) is 26.2 Å². The van der Waals surface area contributed by atoms with Gasteiger partial charge in [-0.2, -0.15) is 15.2 Å². The lowest BCUT2D eigenvalue weighted by Gasteiger charge is -2.10. The zero-order valence-corrected chi connectivity index (χ0v) is 11.7. The van der Waals surface area contributed by atoms with E-state index in [1.165, 1.54) is 0 Å². The Morgan fingerprint density at radius 2 is 2.00 bits per heavy atom. The van der Waals surface area contributed by atoms with Gasteiger partial charge < -0.3 is 25.5 Å². The third-order valence-electron chi connectivity index (χ3n) is 1.90. The number of rotatable bonds is 6. The SMILES string of the molecule is CP(C)(=O)COCCOc1nc(N)nc(N)c1C#N. The number of aromatic nitrogens is 2. The summed E-state index contributed by atoms with van der Waals surface area (Å²) in [6.45, 7) is 3.63. The van der Waals surface area contributed by atoms with Crippen molar-refractivity contribution in [2.75, 3.05) is 44.4 Å². The van der Waals surface area contributed by atoms with Gasteiger partial charge in [-0.15, -0.1) is 0 Å². The van der Waals surface area contributed by atoms with Crippen LogP contribution < -0.4 is 16.2 Å². The van der Waals surface area contributed by atoms with Crippen molar-refractivity contribution in [3.63, 3.8) is 0 Å². The molecule has 1 heterocycles. The van der Waals surface area contributed by atoms with Gasteiger partial charge in [-0.3, -0.25) is 0 Å². The van der Waals surface area contributed by atoms with Crippen molar-refractivity contribution < 1.29 is 14.0 Å². The van der Waals surface area contributed by atoms with Crippen LogP contribution in [0.15, 0.2) is 0 Å². The average Bonchev–Trinajstić information content (AvgIpc) is 2.26. The number of nitrogen functional groups attached to an aromatic ring is 2. The summed E-state index contributed by atoms with van der Waals surface area (Å²) in [7, 11) is -2.20. The van der Waals surface area contributed by atoms with Crippen molar-refractivity contribution in [3.05, 3.63) is 5.56 Å². The highest BCUT2D eigenvalue weighted by Gasteiger charge is 2.12. The maximum absolute atomic E-state index is 11.4. The van der Waals surface area contributed by atoms with E-state index in [1.54, 1.807) is 13.3 Å². The van der Waals surface area contributed by atoms with Gasteiger partial charge in [-0.25, -0.2) is 0 Å². The number of nitriles is 1. The maximum atomic E-state index is 11.4. The van der Waals surface area contributed by atoms with Gasteiger partial charge in [0, 0.05) is 0 Å². The molecular formula is C10H16N5O3P. The Kier molecular flexibility index (Phi) is 5.10. The highest BCUT2D eigenvalue weighted by Crippen LogP contribution is 2.35. The molecule has 0 fully saturated rings. The van der Waals surface area contributed by atoms with Crippen LogP contribution in [0.5, 0.6) is 5.88 Å². The molecule has 8 nitrogen and oxygen atoms in total. The Hall–Kier alpha value is -1.84. The van der Waals surface area contributed by atoms with Gasteiger partial charge in [-0.1, -0.05) is 0 Å². The number of hydrogen-bond acceptors (Lipinski definition) is 8. The molecule has 104 valence electrons. The number of ether oxygens (including phenoxy) is 2. The molecule has 19 heavy (non-hydrogen) atoms. The van der Waals surface area contributed by atoms with E-state index in [0.717, 1.165) is 0 Å². The molecule has 0 amide bonds. The van der Waals surface area contributed by atoms with Crippen LogP contribution in [0.3, 0.4) is 0 Å². The van der Waals surface area contributed by atoms with Gasteiger partial charge in [0.15, 0.2) is 11.4 Å². The van der Waals surface area contributed by atoms with Crippen LogP contribution in [0.25, 0.3) is 0 Å². The molecular weight excluding hydrogens is 269 g/mol. The van der Waals surface area contributed by atoms with Crippen molar-refractivity contribution in [2.45, 2.75) is 0 Å². The molecule has 0 aliphatic heterocycles. The van der Waals surface area contributed by atoms with Gasteiger partial charge in [0.05, 0.1) is 13.0 Å². The maximum Gasteiger partial charge on any atom is 0.238 e. The van der Waals surface area contributed by atoms with Gasteiger partial charge >= 0.3 is 0 Å². The van der Waals surface area contributed by atoms with Crippen LogP contribution in [-0.2, 0) is 9.30 Å². The van der Waals surface area contributed by atoms with E-state index < -0.39 is 7.14 Å². The van der Waals surface area contributed by atoms with E-state index in [2.05, 4.69) is 9.97 Å². The summed E-state index contributed by atoms with van der Waals surface area (Å²) in [5.41, 5.74) is 11.0. The Bertz CT molecular complexity index is 537. The molecule has 0 radical (unpaired) electrons. The lowest BCUT2D eigenvalue weighted by atomic mass is 10.3. The normalized spacial score (nSPS) is 11.0. The molecule has 0 spiro atoms. The summed E-state index contributed by atoms with van der Waals surface area (Å²) >= 11 is 0. The predicted molar refractivity (Wildman–Crippen MR) is 71.3 cm³/mol. The van der Waals surface area contributed by atoms with Crippen molar-refractivity contribution in [1.82, 2.24) is 9.97 Å². The van der Waals surface area contributed by atoms with E-state index in [0.29, 0.717) is 0 Å². The Morgan fingerprint density at radius 1 is 1.32 bits per heavy atom. The minimum absolute atomic E-state index is 0.0206. The fraction of sp³-hybridized carbons (Fsp3) is 0.500. The first kappa shape index (κ1) is 15.2. The quantitative estimate of drug-likeness (QED) is 0.569. The highest BCUT2D eigenvalue weighted by atomic mass is 31.2. The van der Waals surface area contributed by atoms with Crippen LogP contribution in [0.2, 0.25) is 0 Å². The van der Waals surface area contributed by atoms with Gasteiger partial charge in [0.25, 0.3) is 0 Å². The Balaban J connectivity index is 2.55. The number of anilines is 2. The van der Waals surface area contributed by atoms with Crippen LogP contribution in [0, 0.1) is 11.3 Å². The first-order valence-corrected chi connectivity index (χ1v) is 8.20. The van der Waals surface area contributed by atoms with E-state index in [9.17, 15) is 4.57 Å².